The SMILES string of the molecule is CCN(CCC(N)=S)C(=O)c1ccoc1C. The van der Waals surface area contributed by atoms with Crippen molar-refractivity contribution in [3.63, 3.8) is 0 Å². The zero-order valence-electron chi connectivity index (χ0n) is 9.53. The number of aryl methyl sites for hydroxylation is 1. The highest BCUT2D eigenvalue weighted by molar-refractivity contribution is 7.80. The molecule has 4 nitrogen and oxygen atoms in total. The van der Waals surface area contributed by atoms with Gasteiger partial charge in [0.15, 0.2) is 0 Å². The van der Waals surface area contributed by atoms with Gasteiger partial charge in [0.2, 0.25) is 0 Å². The van der Waals surface area contributed by atoms with Crippen LogP contribution in [-0.2, 0) is 0 Å². The topological polar surface area (TPSA) is 59.5 Å². The van der Waals surface area contributed by atoms with Gasteiger partial charge in [-0.15, -0.1) is 0 Å². The van der Waals surface area contributed by atoms with Gasteiger partial charge in [0.1, 0.15) is 5.76 Å². The molecule has 0 saturated heterocycles. The largest absolute Gasteiger partial charge is 0.469 e. The summed E-state index contributed by atoms with van der Waals surface area (Å²) in [7, 11) is 0. The highest BCUT2D eigenvalue weighted by atomic mass is 32.1. The Kier molecular flexibility index (Phi) is 4.49. The minimum absolute atomic E-state index is 0.0370. The van der Waals surface area contributed by atoms with Crippen molar-refractivity contribution >= 4 is 23.1 Å². The monoisotopic (exact) mass is 240 g/mol. The Hall–Kier alpha value is -1.36. The lowest BCUT2D eigenvalue weighted by Gasteiger charge is -2.20. The van der Waals surface area contributed by atoms with E-state index in [-0.39, 0.29) is 5.91 Å². The molecular formula is C11H16N2O2S. The van der Waals surface area contributed by atoms with E-state index in [1.165, 1.54) is 6.26 Å². The van der Waals surface area contributed by atoms with Crippen LogP contribution in [0, 0.1) is 6.92 Å². The lowest BCUT2D eigenvalue weighted by atomic mass is 10.2. The Bertz CT molecular complexity index is 387. The smallest absolute Gasteiger partial charge is 0.257 e. The van der Waals surface area contributed by atoms with E-state index in [1.807, 2.05) is 6.92 Å². The molecule has 0 aromatic carbocycles. The lowest BCUT2D eigenvalue weighted by Crippen LogP contribution is -2.33. The second kappa shape index (κ2) is 5.65. The number of carbonyl (C=O) groups excluding carboxylic acids is 1. The van der Waals surface area contributed by atoms with Crippen molar-refractivity contribution in [2.75, 3.05) is 13.1 Å². The van der Waals surface area contributed by atoms with Crippen LogP contribution >= 0.6 is 12.2 Å². The van der Waals surface area contributed by atoms with Crippen LogP contribution in [0.15, 0.2) is 16.7 Å². The highest BCUT2D eigenvalue weighted by Gasteiger charge is 2.17. The molecule has 0 atom stereocenters. The third-order valence-corrected chi connectivity index (χ3v) is 2.59. The average molecular weight is 240 g/mol. The van der Waals surface area contributed by atoms with E-state index in [4.69, 9.17) is 22.4 Å². The summed E-state index contributed by atoms with van der Waals surface area (Å²) in [6, 6.07) is 1.68. The molecule has 0 aliphatic carbocycles. The molecule has 1 heterocycles. The van der Waals surface area contributed by atoms with E-state index in [0.29, 0.717) is 35.8 Å². The van der Waals surface area contributed by atoms with Gasteiger partial charge in [0.05, 0.1) is 16.8 Å². The van der Waals surface area contributed by atoms with Gasteiger partial charge in [-0.05, 0) is 19.9 Å². The number of hydrogen-bond donors (Lipinski definition) is 1. The fourth-order valence-corrected chi connectivity index (χ4v) is 1.52. The van der Waals surface area contributed by atoms with E-state index in [0.717, 1.165) is 0 Å². The quantitative estimate of drug-likeness (QED) is 0.796. The summed E-state index contributed by atoms with van der Waals surface area (Å²) >= 11 is 4.80. The van der Waals surface area contributed by atoms with Gasteiger partial charge in [-0.1, -0.05) is 12.2 Å². The van der Waals surface area contributed by atoms with Gasteiger partial charge in [0.25, 0.3) is 5.91 Å². The zero-order valence-corrected chi connectivity index (χ0v) is 10.3. The first-order valence-electron chi connectivity index (χ1n) is 5.18. The molecule has 1 aromatic heterocycles. The molecule has 0 saturated carbocycles. The minimum Gasteiger partial charge on any atom is -0.469 e. The summed E-state index contributed by atoms with van der Waals surface area (Å²) in [5.74, 6) is 0.601. The van der Waals surface area contributed by atoms with Crippen molar-refractivity contribution < 1.29 is 9.21 Å². The normalized spacial score (nSPS) is 10.1. The number of carbonyl (C=O) groups is 1. The molecule has 88 valence electrons. The van der Waals surface area contributed by atoms with Gasteiger partial charge in [-0.2, -0.15) is 0 Å². The van der Waals surface area contributed by atoms with E-state index >= 15 is 0 Å². The number of amides is 1. The van der Waals surface area contributed by atoms with Gasteiger partial charge < -0.3 is 15.1 Å². The number of nitrogens with zero attached hydrogens (tertiary/aromatic N) is 1. The maximum absolute atomic E-state index is 12.1. The van der Waals surface area contributed by atoms with Gasteiger partial charge in [-0.25, -0.2) is 0 Å². The van der Waals surface area contributed by atoms with Crippen molar-refractivity contribution in [2.24, 2.45) is 5.73 Å². The van der Waals surface area contributed by atoms with Crippen LogP contribution in [0.2, 0.25) is 0 Å². The van der Waals surface area contributed by atoms with E-state index < -0.39 is 0 Å². The van der Waals surface area contributed by atoms with Crippen molar-refractivity contribution in [1.29, 1.82) is 0 Å². The summed E-state index contributed by atoms with van der Waals surface area (Å²) in [6.07, 6.45) is 2.07. The Labute approximate surface area is 100 Å². The number of rotatable bonds is 5. The van der Waals surface area contributed by atoms with Gasteiger partial charge in [-0.3, -0.25) is 4.79 Å². The average Bonchev–Trinajstić information content (AvgIpc) is 2.64. The molecule has 1 aromatic rings. The standard InChI is InChI=1S/C11H16N2O2S/c1-3-13(6-4-10(12)16)11(14)9-5-7-15-8(9)2/h5,7H,3-4,6H2,1-2H3,(H2,12,16). The van der Waals surface area contributed by atoms with E-state index in [1.54, 1.807) is 17.9 Å². The molecule has 0 radical (unpaired) electrons. The first-order chi connectivity index (χ1) is 7.56. The van der Waals surface area contributed by atoms with Crippen molar-refractivity contribution in [3.05, 3.63) is 23.7 Å². The first-order valence-corrected chi connectivity index (χ1v) is 5.58. The molecule has 0 bridgehead atoms. The molecule has 0 spiro atoms. The Balaban J connectivity index is 2.70. The predicted molar refractivity (Wildman–Crippen MR) is 66.4 cm³/mol. The van der Waals surface area contributed by atoms with Crippen molar-refractivity contribution in [1.82, 2.24) is 4.90 Å². The highest BCUT2D eigenvalue weighted by Crippen LogP contribution is 2.12. The molecule has 0 aliphatic rings. The van der Waals surface area contributed by atoms with Crippen LogP contribution in [0.25, 0.3) is 0 Å². The van der Waals surface area contributed by atoms with Crippen LogP contribution in [0.5, 0.6) is 0 Å². The predicted octanol–water partition coefficient (Wildman–Crippen LogP) is 1.73. The number of furan rings is 1. The van der Waals surface area contributed by atoms with Crippen molar-refractivity contribution in [3.8, 4) is 0 Å². The third kappa shape index (κ3) is 3.06. The summed E-state index contributed by atoms with van der Waals surface area (Å²) in [5.41, 5.74) is 6.02. The molecular weight excluding hydrogens is 224 g/mol. The molecule has 0 aliphatic heterocycles. The zero-order chi connectivity index (χ0) is 12.1. The number of hydrogen-bond acceptors (Lipinski definition) is 3. The summed E-state index contributed by atoms with van der Waals surface area (Å²) < 4.78 is 5.11. The minimum atomic E-state index is -0.0370. The van der Waals surface area contributed by atoms with Gasteiger partial charge in [0, 0.05) is 19.5 Å². The summed E-state index contributed by atoms with van der Waals surface area (Å²) in [5, 5.41) is 0. The van der Waals surface area contributed by atoms with Crippen molar-refractivity contribution in [2.45, 2.75) is 20.3 Å². The molecule has 0 unspecified atom stereocenters. The number of thiocarbonyl (C=S) groups is 1. The Morgan fingerprint density at radius 2 is 2.31 bits per heavy atom. The maximum Gasteiger partial charge on any atom is 0.257 e. The summed E-state index contributed by atoms with van der Waals surface area (Å²) in [4.78, 5) is 14.2. The van der Waals surface area contributed by atoms with Gasteiger partial charge >= 0.3 is 0 Å². The van der Waals surface area contributed by atoms with Crippen LogP contribution in [-0.4, -0.2) is 28.9 Å². The second-order valence-corrected chi connectivity index (χ2v) is 4.02. The van der Waals surface area contributed by atoms with E-state index in [2.05, 4.69) is 0 Å². The lowest BCUT2D eigenvalue weighted by molar-refractivity contribution is 0.0767. The molecule has 1 amide bonds. The molecule has 5 heteroatoms. The maximum atomic E-state index is 12.1. The van der Waals surface area contributed by atoms with Crippen LogP contribution in [0.3, 0.4) is 0 Å². The van der Waals surface area contributed by atoms with E-state index in [9.17, 15) is 4.79 Å². The molecule has 1 rings (SSSR count). The third-order valence-electron chi connectivity index (χ3n) is 2.39. The van der Waals surface area contributed by atoms with Crippen LogP contribution in [0.4, 0.5) is 0 Å². The van der Waals surface area contributed by atoms with Crippen LogP contribution < -0.4 is 5.73 Å². The molecule has 2 N–H and O–H groups in total. The first kappa shape index (κ1) is 12.7. The fourth-order valence-electron chi connectivity index (χ4n) is 1.43. The Morgan fingerprint density at radius 1 is 1.62 bits per heavy atom. The Morgan fingerprint density at radius 3 is 2.75 bits per heavy atom. The van der Waals surface area contributed by atoms with Crippen LogP contribution in [0.1, 0.15) is 29.5 Å². The molecule has 0 fully saturated rings. The summed E-state index contributed by atoms with van der Waals surface area (Å²) in [6.45, 7) is 4.88. The molecule has 16 heavy (non-hydrogen) atoms. The fraction of sp³-hybridized carbons (Fsp3) is 0.455. The number of nitrogens with two attached hydrogens (primary N) is 1. The second-order valence-electron chi connectivity index (χ2n) is 3.49.